The second-order valence-electron chi connectivity index (χ2n) is 6.99. The van der Waals surface area contributed by atoms with E-state index in [1.54, 1.807) is 6.92 Å². The summed E-state index contributed by atoms with van der Waals surface area (Å²) in [5.41, 5.74) is -2.62. The van der Waals surface area contributed by atoms with Crippen LogP contribution in [-0.2, 0) is 9.68 Å². The summed E-state index contributed by atoms with van der Waals surface area (Å²) in [4.78, 5) is 8.95. The van der Waals surface area contributed by atoms with E-state index in [1.807, 2.05) is 0 Å². The van der Waals surface area contributed by atoms with Crippen LogP contribution in [0.1, 0.15) is 30.9 Å². The summed E-state index contributed by atoms with van der Waals surface area (Å²) in [5.74, 6) is 0.701. The summed E-state index contributed by atoms with van der Waals surface area (Å²) >= 11 is 0. The predicted molar refractivity (Wildman–Crippen MR) is 117 cm³/mol. The molecule has 0 aliphatic carbocycles. The van der Waals surface area contributed by atoms with Crippen molar-refractivity contribution in [2.75, 3.05) is 26.9 Å². The van der Waals surface area contributed by atoms with Crippen LogP contribution in [0.3, 0.4) is 0 Å². The lowest BCUT2D eigenvalue weighted by atomic mass is 10.1. The van der Waals surface area contributed by atoms with E-state index in [4.69, 9.17) is 9.47 Å². The smallest absolute Gasteiger partial charge is 0.437 e. The van der Waals surface area contributed by atoms with E-state index in [9.17, 15) is 26.3 Å². The van der Waals surface area contributed by atoms with Crippen molar-refractivity contribution in [3.63, 3.8) is 0 Å². The molecule has 0 amide bonds. The zero-order valence-corrected chi connectivity index (χ0v) is 18.9. The molecule has 0 unspecified atom stereocenters. The second kappa shape index (κ2) is 12.9. The topological polar surface area (TPSA) is 61.6 Å². The minimum Gasteiger partial charge on any atom is -0.493 e. The first-order valence-electron chi connectivity index (χ1n) is 10.5. The number of nitrogens with zero attached hydrogens (tertiary/aromatic N) is 2. The van der Waals surface area contributed by atoms with E-state index >= 15 is 0 Å². The molecule has 12 heteroatoms. The summed E-state index contributed by atoms with van der Waals surface area (Å²) in [6.45, 7) is 2.23. The van der Waals surface area contributed by atoms with E-state index < -0.39 is 23.8 Å². The van der Waals surface area contributed by atoms with Crippen LogP contribution in [0.25, 0.3) is 0 Å². The first-order valence-corrected chi connectivity index (χ1v) is 10.5. The van der Waals surface area contributed by atoms with Crippen molar-refractivity contribution in [2.45, 2.75) is 32.1 Å². The van der Waals surface area contributed by atoms with Crippen LogP contribution >= 0.6 is 0 Å². The molecule has 0 saturated carbocycles. The summed E-state index contributed by atoms with van der Waals surface area (Å²) in [7, 11) is 1.03. The van der Waals surface area contributed by atoms with E-state index in [-0.39, 0.29) is 30.9 Å². The van der Waals surface area contributed by atoms with Gasteiger partial charge in [-0.2, -0.15) is 26.3 Å². The Balaban J connectivity index is 1.84. The molecule has 0 heterocycles. The maximum absolute atomic E-state index is 13.2. The minimum absolute atomic E-state index is 0.0731. The predicted octanol–water partition coefficient (Wildman–Crippen LogP) is 6.14. The van der Waals surface area contributed by atoms with Gasteiger partial charge in [-0.05, 0) is 55.0 Å². The zero-order chi connectivity index (χ0) is 25.9. The SMILES string of the molecule is CCCON=C(c1ccc(OCCCOc2ccc(C(=NOC)C(F)(F)F)cc2)cc1)C(F)(F)F. The van der Waals surface area contributed by atoms with Gasteiger partial charge in [0.05, 0.1) is 13.2 Å². The number of ether oxygens (including phenoxy) is 2. The molecule has 0 aliphatic rings. The summed E-state index contributed by atoms with van der Waals surface area (Å²) in [5, 5.41) is 6.22. The van der Waals surface area contributed by atoms with Gasteiger partial charge in [0.25, 0.3) is 0 Å². The molecule has 0 aromatic heterocycles. The lowest BCUT2D eigenvalue weighted by molar-refractivity contribution is -0.0621. The zero-order valence-electron chi connectivity index (χ0n) is 18.9. The molecule has 0 saturated heterocycles. The lowest BCUT2D eigenvalue weighted by Crippen LogP contribution is -2.24. The van der Waals surface area contributed by atoms with Gasteiger partial charge in [0, 0.05) is 17.5 Å². The maximum atomic E-state index is 13.2. The van der Waals surface area contributed by atoms with Gasteiger partial charge in [-0.15, -0.1) is 0 Å². The second-order valence-corrected chi connectivity index (χ2v) is 6.99. The van der Waals surface area contributed by atoms with E-state index in [0.717, 1.165) is 7.11 Å². The Morgan fingerprint density at radius 2 is 1.11 bits per heavy atom. The quantitative estimate of drug-likeness (QED) is 0.150. The number of hydrogen-bond acceptors (Lipinski definition) is 6. The Labute approximate surface area is 198 Å². The van der Waals surface area contributed by atoms with Gasteiger partial charge < -0.3 is 19.1 Å². The molecule has 0 N–H and O–H groups in total. The summed E-state index contributed by atoms with van der Waals surface area (Å²) in [6.07, 6.45) is -8.39. The van der Waals surface area contributed by atoms with Gasteiger partial charge in [-0.25, -0.2) is 0 Å². The number of alkyl halides is 6. The van der Waals surface area contributed by atoms with Gasteiger partial charge >= 0.3 is 12.4 Å². The van der Waals surface area contributed by atoms with Crippen LogP contribution in [0.5, 0.6) is 11.5 Å². The first kappa shape index (κ1) is 27.8. The fourth-order valence-electron chi connectivity index (χ4n) is 2.69. The van der Waals surface area contributed by atoms with Gasteiger partial charge in [-0.1, -0.05) is 17.2 Å². The third-order valence-corrected chi connectivity index (χ3v) is 4.25. The normalized spacial score (nSPS) is 12.9. The third kappa shape index (κ3) is 9.02. The van der Waals surface area contributed by atoms with Gasteiger partial charge in [0.2, 0.25) is 0 Å². The molecular formula is C23H24F6N2O4. The van der Waals surface area contributed by atoms with Crippen LogP contribution in [-0.4, -0.2) is 50.7 Å². The Kier molecular flexibility index (Phi) is 10.2. The van der Waals surface area contributed by atoms with Gasteiger partial charge in [-0.3, -0.25) is 0 Å². The Morgan fingerprint density at radius 1 is 0.686 bits per heavy atom. The molecule has 0 aliphatic heterocycles. The molecule has 192 valence electrons. The highest BCUT2D eigenvalue weighted by atomic mass is 19.4. The summed E-state index contributed by atoms with van der Waals surface area (Å²) < 4.78 is 89.5. The van der Waals surface area contributed by atoms with E-state index in [2.05, 4.69) is 20.0 Å². The molecule has 0 radical (unpaired) electrons. The maximum Gasteiger partial charge on any atom is 0.437 e. The highest BCUT2D eigenvalue weighted by Crippen LogP contribution is 2.25. The fourth-order valence-corrected chi connectivity index (χ4v) is 2.69. The molecule has 6 nitrogen and oxygen atoms in total. The molecule has 2 aromatic carbocycles. The van der Waals surface area contributed by atoms with Crippen LogP contribution in [0.2, 0.25) is 0 Å². The van der Waals surface area contributed by atoms with E-state index in [1.165, 1.54) is 48.5 Å². The van der Waals surface area contributed by atoms with Gasteiger partial charge in [0.1, 0.15) is 25.2 Å². The number of halogens is 6. The molecule has 0 spiro atoms. The largest absolute Gasteiger partial charge is 0.493 e. The van der Waals surface area contributed by atoms with Crippen molar-refractivity contribution in [1.82, 2.24) is 0 Å². The first-order chi connectivity index (χ1) is 16.6. The number of rotatable bonds is 12. The number of oxime groups is 2. The van der Waals surface area contributed by atoms with Crippen LogP contribution in [0.4, 0.5) is 26.3 Å². The Bertz CT molecular complexity index is 971. The van der Waals surface area contributed by atoms with Crippen LogP contribution in [0.15, 0.2) is 58.8 Å². The average molecular weight is 506 g/mol. The van der Waals surface area contributed by atoms with Crippen LogP contribution in [0, 0.1) is 0 Å². The molecule has 0 fully saturated rings. The van der Waals surface area contributed by atoms with Crippen molar-refractivity contribution in [3.05, 3.63) is 59.7 Å². The summed E-state index contributed by atoms with van der Waals surface area (Å²) in [6, 6.07) is 10.4. The fraction of sp³-hybridized carbons (Fsp3) is 0.391. The number of hydrogen-bond donors (Lipinski definition) is 0. The third-order valence-electron chi connectivity index (χ3n) is 4.25. The highest BCUT2D eigenvalue weighted by molar-refractivity contribution is 6.04. The van der Waals surface area contributed by atoms with Crippen molar-refractivity contribution in [3.8, 4) is 11.5 Å². The average Bonchev–Trinajstić information content (AvgIpc) is 2.80. The molecule has 35 heavy (non-hydrogen) atoms. The monoisotopic (exact) mass is 506 g/mol. The van der Waals surface area contributed by atoms with Gasteiger partial charge in [0.15, 0.2) is 11.4 Å². The van der Waals surface area contributed by atoms with E-state index in [0.29, 0.717) is 24.3 Å². The Morgan fingerprint density at radius 3 is 1.49 bits per heavy atom. The number of benzene rings is 2. The van der Waals surface area contributed by atoms with Crippen molar-refractivity contribution >= 4 is 11.4 Å². The highest BCUT2D eigenvalue weighted by Gasteiger charge is 2.38. The van der Waals surface area contributed by atoms with Crippen LogP contribution < -0.4 is 9.47 Å². The lowest BCUT2D eigenvalue weighted by Gasteiger charge is -2.12. The Hall–Kier alpha value is -3.44. The molecule has 0 bridgehead atoms. The molecular weight excluding hydrogens is 482 g/mol. The standard InChI is InChI=1S/C23H24F6N2O4/c1-3-13-35-31-21(23(27,28)29)17-7-11-19(12-8-17)34-15-4-14-33-18-9-5-16(6-10-18)20(30-32-2)22(24,25)26/h5-12H,3-4,13-15H2,1-2H3. The minimum atomic E-state index is -4.67. The van der Waals surface area contributed by atoms with Crippen molar-refractivity contribution in [2.24, 2.45) is 10.3 Å². The molecule has 2 rings (SSSR count). The molecule has 2 aromatic rings. The molecule has 0 atom stereocenters. The van der Waals surface area contributed by atoms with Crippen molar-refractivity contribution in [1.29, 1.82) is 0 Å². The van der Waals surface area contributed by atoms with Crippen molar-refractivity contribution < 1.29 is 45.5 Å².